The van der Waals surface area contributed by atoms with Crippen LogP contribution in [0.5, 0.6) is 0 Å². The van der Waals surface area contributed by atoms with E-state index in [-0.39, 0.29) is 11.3 Å². The van der Waals surface area contributed by atoms with E-state index in [4.69, 9.17) is 0 Å². The summed E-state index contributed by atoms with van der Waals surface area (Å²) in [5.41, 5.74) is 1.03. The van der Waals surface area contributed by atoms with Gasteiger partial charge in [0.2, 0.25) is 5.78 Å². The predicted molar refractivity (Wildman–Crippen MR) is 74.8 cm³/mol. The Morgan fingerprint density at radius 2 is 2.10 bits per heavy atom. The number of allylic oxidation sites excluding steroid dienone is 2. The van der Waals surface area contributed by atoms with E-state index in [1.165, 1.54) is 12.1 Å². The molecule has 104 valence electrons. The Balaban J connectivity index is 2.22. The zero-order valence-electron chi connectivity index (χ0n) is 11.3. The molecule has 2 rings (SSSR count). The second kappa shape index (κ2) is 5.82. The smallest absolute Gasteiger partial charge is 0.258 e. The van der Waals surface area contributed by atoms with Gasteiger partial charge in [0, 0.05) is 0 Å². The first-order valence-corrected chi connectivity index (χ1v) is 6.50. The van der Waals surface area contributed by atoms with Crippen molar-refractivity contribution in [3.63, 3.8) is 0 Å². The fraction of sp³-hybridized carbons (Fsp3) is 0.250. The summed E-state index contributed by atoms with van der Waals surface area (Å²) < 4.78 is 13.8. The van der Waals surface area contributed by atoms with Gasteiger partial charge in [0.1, 0.15) is 5.82 Å². The van der Waals surface area contributed by atoms with E-state index in [0.29, 0.717) is 5.92 Å². The van der Waals surface area contributed by atoms with Crippen molar-refractivity contribution >= 4 is 11.7 Å². The van der Waals surface area contributed by atoms with E-state index in [0.717, 1.165) is 24.5 Å². The maximum absolute atomic E-state index is 13.8. The van der Waals surface area contributed by atoms with E-state index in [2.05, 4.69) is 11.9 Å². The number of amides is 1. The zero-order chi connectivity index (χ0) is 14.7. The molecule has 0 unspecified atom stereocenters. The lowest BCUT2D eigenvalue weighted by Crippen LogP contribution is -2.27. The quantitative estimate of drug-likeness (QED) is 0.838. The molecule has 0 aliphatic heterocycles. The molecular weight excluding hydrogens is 257 g/mol. The second-order valence-electron chi connectivity index (χ2n) is 4.74. The summed E-state index contributed by atoms with van der Waals surface area (Å²) in [5, 5.41) is 2.42. The summed E-state index contributed by atoms with van der Waals surface area (Å²) in [4.78, 5) is 23.6. The van der Waals surface area contributed by atoms with Gasteiger partial charge in [-0.25, -0.2) is 4.39 Å². The highest BCUT2D eigenvalue weighted by atomic mass is 19.1. The molecule has 0 bridgehead atoms. The molecular formula is C16H16FNO2. The molecule has 3 nitrogen and oxygen atoms in total. The van der Waals surface area contributed by atoms with Crippen molar-refractivity contribution in [1.82, 2.24) is 5.32 Å². The minimum absolute atomic E-state index is 0.0365. The molecule has 0 spiro atoms. The monoisotopic (exact) mass is 273 g/mol. The van der Waals surface area contributed by atoms with Crippen molar-refractivity contribution in [3.8, 4) is 0 Å². The fourth-order valence-corrected chi connectivity index (χ4v) is 1.96. The molecule has 0 heterocycles. The Hall–Kier alpha value is -2.23. The van der Waals surface area contributed by atoms with Crippen LogP contribution in [-0.4, -0.2) is 11.7 Å². The highest BCUT2D eigenvalue weighted by molar-refractivity contribution is 6.08. The number of carbonyl (C=O) groups excluding carboxylic acids is 2. The molecule has 4 heteroatoms. The molecule has 20 heavy (non-hydrogen) atoms. The standard InChI is InChI=1S/C16H16FNO2/c1-3-14(15(19)4-2)18-16(20)12-9-11(10-5-6-10)7-8-13(12)17/h3-4,7-10H,2,5-6H2,1H3,(H,18,20)/b14-3-. The maximum Gasteiger partial charge on any atom is 0.258 e. The lowest BCUT2D eigenvalue weighted by Gasteiger charge is -2.09. The van der Waals surface area contributed by atoms with E-state index in [1.807, 2.05) is 0 Å². The molecule has 0 atom stereocenters. The first-order valence-electron chi connectivity index (χ1n) is 6.50. The van der Waals surface area contributed by atoms with E-state index < -0.39 is 17.5 Å². The van der Waals surface area contributed by atoms with Gasteiger partial charge in [-0.2, -0.15) is 0 Å². The maximum atomic E-state index is 13.8. The average Bonchev–Trinajstić information content (AvgIpc) is 3.28. The first-order chi connectivity index (χ1) is 9.56. The van der Waals surface area contributed by atoms with E-state index in [1.54, 1.807) is 19.1 Å². The zero-order valence-corrected chi connectivity index (χ0v) is 11.3. The summed E-state index contributed by atoms with van der Waals surface area (Å²) in [6, 6.07) is 4.57. The van der Waals surface area contributed by atoms with Crippen molar-refractivity contribution in [2.75, 3.05) is 0 Å². The Kier molecular flexibility index (Phi) is 4.13. The molecule has 1 aromatic carbocycles. The van der Waals surface area contributed by atoms with Crippen LogP contribution in [0.2, 0.25) is 0 Å². The van der Waals surface area contributed by atoms with Gasteiger partial charge in [-0.1, -0.05) is 18.7 Å². The SMILES string of the molecule is C=CC(=O)/C(=C/C)NC(=O)c1cc(C2CC2)ccc1F. The lowest BCUT2D eigenvalue weighted by atomic mass is 10.1. The van der Waals surface area contributed by atoms with Crippen LogP contribution in [0.15, 0.2) is 42.6 Å². The summed E-state index contributed by atoms with van der Waals surface area (Å²) >= 11 is 0. The molecule has 0 aromatic heterocycles. The van der Waals surface area contributed by atoms with Crippen LogP contribution in [0.25, 0.3) is 0 Å². The first kappa shape index (κ1) is 14.2. The van der Waals surface area contributed by atoms with Gasteiger partial charge >= 0.3 is 0 Å². The van der Waals surface area contributed by atoms with Crippen LogP contribution in [-0.2, 0) is 4.79 Å². The summed E-state index contributed by atoms with van der Waals surface area (Å²) in [5.74, 6) is -1.18. The van der Waals surface area contributed by atoms with Crippen LogP contribution >= 0.6 is 0 Å². The van der Waals surface area contributed by atoms with Gasteiger partial charge in [-0.15, -0.1) is 0 Å². The third kappa shape index (κ3) is 3.02. The van der Waals surface area contributed by atoms with Gasteiger partial charge in [-0.05, 0) is 49.5 Å². The van der Waals surface area contributed by atoms with Gasteiger partial charge in [0.25, 0.3) is 5.91 Å². The molecule has 1 aliphatic carbocycles. The Morgan fingerprint density at radius 3 is 2.65 bits per heavy atom. The van der Waals surface area contributed by atoms with Gasteiger partial charge in [-0.3, -0.25) is 9.59 Å². The summed E-state index contributed by atoms with van der Waals surface area (Å²) in [6.45, 7) is 4.98. The van der Waals surface area contributed by atoms with Crippen LogP contribution in [0.4, 0.5) is 4.39 Å². The Bertz CT molecular complexity index is 600. The molecule has 1 saturated carbocycles. The largest absolute Gasteiger partial charge is 0.319 e. The van der Waals surface area contributed by atoms with Gasteiger partial charge < -0.3 is 5.32 Å². The van der Waals surface area contributed by atoms with Crippen molar-refractivity contribution in [1.29, 1.82) is 0 Å². The number of hydrogen-bond donors (Lipinski definition) is 1. The highest BCUT2D eigenvalue weighted by Crippen LogP contribution is 2.40. The van der Waals surface area contributed by atoms with Crippen LogP contribution in [0, 0.1) is 5.82 Å². The molecule has 0 saturated heterocycles. The van der Waals surface area contributed by atoms with Gasteiger partial charge in [0.05, 0.1) is 11.3 Å². The molecule has 1 fully saturated rings. The number of rotatable bonds is 5. The minimum Gasteiger partial charge on any atom is -0.319 e. The Morgan fingerprint density at radius 1 is 1.40 bits per heavy atom. The van der Waals surface area contributed by atoms with Crippen LogP contribution in [0.1, 0.15) is 41.6 Å². The summed E-state index contributed by atoms with van der Waals surface area (Å²) in [7, 11) is 0. The van der Waals surface area contributed by atoms with Crippen molar-refractivity contribution in [2.45, 2.75) is 25.7 Å². The second-order valence-corrected chi connectivity index (χ2v) is 4.74. The number of ketones is 1. The molecule has 0 radical (unpaired) electrons. The van der Waals surface area contributed by atoms with Gasteiger partial charge in [0.15, 0.2) is 0 Å². The van der Waals surface area contributed by atoms with Crippen LogP contribution in [0.3, 0.4) is 0 Å². The number of carbonyl (C=O) groups is 2. The number of benzene rings is 1. The number of nitrogens with one attached hydrogen (secondary N) is 1. The third-order valence-electron chi connectivity index (χ3n) is 3.27. The Labute approximate surface area is 117 Å². The van der Waals surface area contributed by atoms with E-state index in [9.17, 15) is 14.0 Å². The van der Waals surface area contributed by atoms with Crippen LogP contribution < -0.4 is 5.32 Å². The number of hydrogen-bond acceptors (Lipinski definition) is 2. The molecule has 1 aromatic rings. The molecule has 1 amide bonds. The van der Waals surface area contributed by atoms with E-state index >= 15 is 0 Å². The van der Waals surface area contributed by atoms with Crippen molar-refractivity contribution in [3.05, 3.63) is 59.6 Å². The minimum atomic E-state index is -0.617. The van der Waals surface area contributed by atoms with Crippen molar-refractivity contribution < 1.29 is 14.0 Å². The average molecular weight is 273 g/mol. The third-order valence-corrected chi connectivity index (χ3v) is 3.27. The number of halogens is 1. The molecule has 1 N–H and O–H groups in total. The topological polar surface area (TPSA) is 46.2 Å². The predicted octanol–water partition coefficient (Wildman–Crippen LogP) is 3.09. The molecule has 1 aliphatic rings. The normalized spacial score (nSPS) is 14.8. The lowest BCUT2D eigenvalue weighted by molar-refractivity contribution is -0.111. The van der Waals surface area contributed by atoms with Crippen molar-refractivity contribution in [2.24, 2.45) is 0 Å². The fourth-order valence-electron chi connectivity index (χ4n) is 1.96. The summed E-state index contributed by atoms with van der Waals surface area (Å²) in [6.07, 6.45) is 4.71. The highest BCUT2D eigenvalue weighted by Gasteiger charge is 2.25.